The molecule has 1 aliphatic rings. The van der Waals surface area contributed by atoms with E-state index in [1.54, 1.807) is 11.8 Å². The Morgan fingerprint density at radius 1 is 1.06 bits per heavy atom. The number of rotatable bonds is 6. The van der Waals surface area contributed by atoms with Gasteiger partial charge < -0.3 is 14.7 Å². The summed E-state index contributed by atoms with van der Waals surface area (Å²) in [7, 11) is 3.96. The maximum Gasteiger partial charge on any atom is 0.224 e. The summed E-state index contributed by atoms with van der Waals surface area (Å²) in [5, 5.41) is 0. The van der Waals surface area contributed by atoms with Crippen LogP contribution in [-0.2, 0) is 9.59 Å². The molecule has 0 N–H and O–H groups in total. The molecule has 0 aromatic heterocycles. The van der Waals surface area contributed by atoms with Crippen LogP contribution in [-0.4, -0.2) is 73.3 Å². The van der Waals surface area contributed by atoms with Gasteiger partial charge in [0.1, 0.15) is 0 Å². The standard InChI is InChI=1S/C13H25N3O2/c1-12(17)15(11-10-14(2)3)9-6-13(18)16-7-4-5-8-16/h4-11H2,1-3H3. The van der Waals surface area contributed by atoms with Gasteiger partial charge in [0.2, 0.25) is 11.8 Å². The van der Waals surface area contributed by atoms with Crippen LogP contribution in [0.25, 0.3) is 0 Å². The third-order valence-electron chi connectivity index (χ3n) is 3.32. The van der Waals surface area contributed by atoms with Crippen molar-refractivity contribution in [3.05, 3.63) is 0 Å². The number of hydrogen-bond acceptors (Lipinski definition) is 3. The highest BCUT2D eigenvalue weighted by molar-refractivity contribution is 5.78. The summed E-state index contributed by atoms with van der Waals surface area (Å²) in [4.78, 5) is 29.1. The molecule has 0 aromatic rings. The maximum atomic E-state index is 11.9. The second-order valence-corrected chi connectivity index (χ2v) is 5.15. The molecule has 1 aliphatic heterocycles. The van der Waals surface area contributed by atoms with Crippen molar-refractivity contribution in [2.75, 3.05) is 46.8 Å². The minimum atomic E-state index is 0.0473. The van der Waals surface area contributed by atoms with Crippen LogP contribution in [0.1, 0.15) is 26.2 Å². The third kappa shape index (κ3) is 5.04. The number of likely N-dealkylation sites (N-methyl/N-ethyl adjacent to an activating group) is 1. The molecule has 2 amide bonds. The number of likely N-dealkylation sites (tertiary alicyclic amines) is 1. The average Bonchev–Trinajstić information content (AvgIpc) is 2.81. The van der Waals surface area contributed by atoms with Crippen LogP contribution >= 0.6 is 0 Å². The minimum Gasteiger partial charge on any atom is -0.343 e. The van der Waals surface area contributed by atoms with Crippen LogP contribution in [0.3, 0.4) is 0 Å². The van der Waals surface area contributed by atoms with Crippen LogP contribution in [0.2, 0.25) is 0 Å². The first-order chi connectivity index (χ1) is 8.50. The smallest absolute Gasteiger partial charge is 0.224 e. The van der Waals surface area contributed by atoms with Gasteiger partial charge >= 0.3 is 0 Å². The Labute approximate surface area is 110 Å². The fourth-order valence-electron chi connectivity index (χ4n) is 2.10. The van der Waals surface area contributed by atoms with Crippen molar-refractivity contribution in [2.24, 2.45) is 0 Å². The van der Waals surface area contributed by atoms with E-state index in [0.29, 0.717) is 19.5 Å². The van der Waals surface area contributed by atoms with Gasteiger partial charge in [-0.2, -0.15) is 0 Å². The number of amides is 2. The maximum absolute atomic E-state index is 11.9. The molecule has 0 aromatic carbocycles. The Hall–Kier alpha value is -1.10. The lowest BCUT2D eigenvalue weighted by Gasteiger charge is -2.24. The quantitative estimate of drug-likeness (QED) is 0.690. The van der Waals surface area contributed by atoms with Gasteiger partial charge in [-0.05, 0) is 26.9 Å². The Morgan fingerprint density at radius 2 is 1.67 bits per heavy atom. The van der Waals surface area contributed by atoms with E-state index < -0.39 is 0 Å². The average molecular weight is 255 g/mol. The van der Waals surface area contributed by atoms with E-state index in [1.165, 1.54) is 0 Å². The van der Waals surface area contributed by atoms with Crippen molar-refractivity contribution < 1.29 is 9.59 Å². The third-order valence-corrected chi connectivity index (χ3v) is 3.32. The summed E-state index contributed by atoms with van der Waals surface area (Å²) in [6.45, 7) is 5.40. The number of carbonyl (C=O) groups excluding carboxylic acids is 2. The molecule has 1 rings (SSSR count). The largest absolute Gasteiger partial charge is 0.343 e. The van der Waals surface area contributed by atoms with Crippen molar-refractivity contribution in [3.63, 3.8) is 0 Å². The molecule has 0 bridgehead atoms. The van der Waals surface area contributed by atoms with E-state index in [-0.39, 0.29) is 11.8 Å². The number of nitrogens with zero attached hydrogens (tertiary/aromatic N) is 3. The molecule has 0 radical (unpaired) electrons. The lowest BCUT2D eigenvalue weighted by molar-refractivity contribution is -0.132. The molecule has 1 heterocycles. The van der Waals surface area contributed by atoms with E-state index in [1.807, 2.05) is 23.9 Å². The molecule has 5 heteroatoms. The van der Waals surface area contributed by atoms with E-state index in [9.17, 15) is 9.59 Å². The van der Waals surface area contributed by atoms with Gasteiger partial charge in [-0.15, -0.1) is 0 Å². The second-order valence-electron chi connectivity index (χ2n) is 5.15. The SMILES string of the molecule is CC(=O)N(CCC(=O)N1CCCC1)CCN(C)C. The summed E-state index contributed by atoms with van der Waals surface area (Å²) in [5.74, 6) is 0.231. The molecular formula is C13H25N3O2. The van der Waals surface area contributed by atoms with Gasteiger partial charge in [0.25, 0.3) is 0 Å². The van der Waals surface area contributed by atoms with Crippen molar-refractivity contribution in [3.8, 4) is 0 Å². The van der Waals surface area contributed by atoms with Crippen molar-refractivity contribution in [1.29, 1.82) is 0 Å². The van der Waals surface area contributed by atoms with Crippen LogP contribution in [0.5, 0.6) is 0 Å². The Kier molecular flexibility index (Phi) is 6.12. The lowest BCUT2D eigenvalue weighted by Crippen LogP contribution is -2.38. The summed E-state index contributed by atoms with van der Waals surface area (Å²) in [5.41, 5.74) is 0. The predicted octanol–water partition coefficient (Wildman–Crippen LogP) is 0.409. The second kappa shape index (κ2) is 7.36. The van der Waals surface area contributed by atoms with Gasteiger partial charge in [-0.3, -0.25) is 9.59 Å². The van der Waals surface area contributed by atoms with E-state index >= 15 is 0 Å². The van der Waals surface area contributed by atoms with Crippen LogP contribution in [0, 0.1) is 0 Å². The monoisotopic (exact) mass is 255 g/mol. The fraction of sp³-hybridized carbons (Fsp3) is 0.846. The summed E-state index contributed by atoms with van der Waals surface area (Å²) in [6.07, 6.45) is 2.68. The van der Waals surface area contributed by atoms with Gasteiger partial charge in [0.05, 0.1) is 0 Å². The predicted molar refractivity (Wildman–Crippen MR) is 71.2 cm³/mol. The van der Waals surface area contributed by atoms with Crippen molar-refractivity contribution in [2.45, 2.75) is 26.2 Å². The molecular weight excluding hydrogens is 230 g/mol. The van der Waals surface area contributed by atoms with E-state index in [2.05, 4.69) is 0 Å². The zero-order valence-corrected chi connectivity index (χ0v) is 11.8. The molecule has 1 saturated heterocycles. The Balaban J connectivity index is 2.32. The molecule has 18 heavy (non-hydrogen) atoms. The fourth-order valence-corrected chi connectivity index (χ4v) is 2.10. The zero-order chi connectivity index (χ0) is 13.5. The summed E-state index contributed by atoms with van der Waals surface area (Å²) < 4.78 is 0. The highest BCUT2D eigenvalue weighted by atomic mass is 16.2. The molecule has 0 unspecified atom stereocenters. The first-order valence-corrected chi connectivity index (χ1v) is 6.68. The van der Waals surface area contributed by atoms with Crippen LogP contribution in [0.4, 0.5) is 0 Å². The van der Waals surface area contributed by atoms with Gasteiger partial charge in [-0.1, -0.05) is 0 Å². The molecule has 1 fully saturated rings. The highest BCUT2D eigenvalue weighted by Crippen LogP contribution is 2.09. The van der Waals surface area contributed by atoms with Crippen molar-refractivity contribution in [1.82, 2.24) is 14.7 Å². The minimum absolute atomic E-state index is 0.0473. The highest BCUT2D eigenvalue weighted by Gasteiger charge is 2.19. The summed E-state index contributed by atoms with van der Waals surface area (Å²) >= 11 is 0. The lowest BCUT2D eigenvalue weighted by atomic mass is 10.3. The van der Waals surface area contributed by atoms with Gasteiger partial charge in [-0.25, -0.2) is 0 Å². The van der Waals surface area contributed by atoms with E-state index in [0.717, 1.165) is 32.5 Å². The number of carbonyl (C=O) groups is 2. The molecule has 104 valence electrons. The van der Waals surface area contributed by atoms with Crippen molar-refractivity contribution >= 4 is 11.8 Å². The van der Waals surface area contributed by atoms with E-state index in [4.69, 9.17) is 0 Å². The molecule has 5 nitrogen and oxygen atoms in total. The zero-order valence-electron chi connectivity index (χ0n) is 11.8. The normalized spacial score (nSPS) is 15.2. The van der Waals surface area contributed by atoms with Crippen LogP contribution in [0.15, 0.2) is 0 Å². The Bertz CT molecular complexity index is 286. The molecule has 0 aliphatic carbocycles. The summed E-state index contributed by atoms with van der Waals surface area (Å²) in [6, 6.07) is 0. The van der Waals surface area contributed by atoms with Gasteiger partial charge in [0, 0.05) is 46.1 Å². The topological polar surface area (TPSA) is 43.9 Å². The Morgan fingerprint density at radius 3 is 2.17 bits per heavy atom. The molecule has 0 saturated carbocycles. The first-order valence-electron chi connectivity index (χ1n) is 6.68. The first kappa shape index (κ1) is 15.0. The van der Waals surface area contributed by atoms with Gasteiger partial charge in [0.15, 0.2) is 0 Å². The van der Waals surface area contributed by atoms with Crippen LogP contribution < -0.4 is 0 Å². The molecule has 0 spiro atoms. The number of hydrogen-bond donors (Lipinski definition) is 0. The molecule has 0 atom stereocenters.